The summed E-state index contributed by atoms with van der Waals surface area (Å²) in [6.45, 7) is 6.05. The Bertz CT molecular complexity index is 1370. The maximum Gasteiger partial charge on any atom is 0.407 e. The highest BCUT2D eigenvalue weighted by atomic mass is 19.1. The molecule has 2 aromatic carbocycles. The minimum absolute atomic E-state index is 0.123. The average molecular weight is 489 g/mol. The van der Waals surface area contributed by atoms with Crippen molar-refractivity contribution in [2.45, 2.75) is 39.5 Å². The number of fused-ring (bicyclic) bond motifs is 1. The van der Waals surface area contributed by atoms with Gasteiger partial charge in [0.1, 0.15) is 23.0 Å². The van der Waals surface area contributed by atoms with Gasteiger partial charge in [-0.1, -0.05) is 24.3 Å². The van der Waals surface area contributed by atoms with Crippen molar-refractivity contribution in [2.24, 2.45) is 0 Å². The van der Waals surface area contributed by atoms with Gasteiger partial charge in [0.2, 0.25) is 0 Å². The highest BCUT2D eigenvalue weighted by Crippen LogP contribution is 2.29. The Morgan fingerprint density at radius 3 is 2.53 bits per heavy atom. The molecule has 1 amide bonds. The zero-order chi connectivity index (χ0) is 25.7. The number of pyridine rings is 2. The molecule has 0 fully saturated rings. The Morgan fingerprint density at radius 1 is 1.03 bits per heavy atom. The van der Waals surface area contributed by atoms with Crippen LogP contribution in [0.15, 0.2) is 66.9 Å². The van der Waals surface area contributed by atoms with Crippen LogP contribution in [-0.2, 0) is 17.8 Å². The number of hydrogen-bond acceptors (Lipinski definition) is 6. The van der Waals surface area contributed by atoms with Crippen LogP contribution in [0.25, 0.3) is 22.0 Å². The minimum Gasteiger partial charge on any atom is -0.497 e. The van der Waals surface area contributed by atoms with Gasteiger partial charge < -0.3 is 20.1 Å². The largest absolute Gasteiger partial charge is 0.497 e. The lowest BCUT2D eigenvalue weighted by molar-refractivity contribution is 0.0523. The Balaban J connectivity index is 1.51. The van der Waals surface area contributed by atoms with E-state index in [0.717, 1.165) is 11.3 Å². The fraction of sp³-hybridized carbons (Fsp3) is 0.250. The molecule has 0 atom stereocenters. The van der Waals surface area contributed by atoms with Gasteiger partial charge in [-0.15, -0.1) is 0 Å². The van der Waals surface area contributed by atoms with Crippen LogP contribution in [0.5, 0.6) is 5.75 Å². The second-order valence-electron chi connectivity index (χ2n) is 9.29. The molecule has 7 nitrogen and oxygen atoms in total. The van der Waals surface area contributed by atoms with Crippen molar-refractivity contribution < 1.29 is 18.7 Å². The lowest BCUT2D eigenvalue weighted by Gasteiger charge is -2.19. The van der Waals surface area contributed by atoms with Gasteiger partial charge in [0, 0.05) is 29.1 Å². The molecule has 4 aromatic rings. The SMILES string of the molecule is COc1ccc(CNc2cccc(-c3ccc4cnc(CNC(=O)OC(C)(C)C)cc4c3F)n2)cc1. The number of halogens is 1. The first-order chi connectivity index (χ1) is 17.2. The van der Waals surface area contributed by atoms with E-state index < -0.39 is 17.5 Å². The molecule has 0 saturated heterocycles. The van der Waals surface area contributed by atoms with E-state index in [4.69, 9.17) is 9.47 Å². The third-order valence-corrected chi connectivity index (χ3v) is 5.36. The average Bonchev–Trinajstić information content (AvgIpc) is 2.86. The zero-order valence-electron chi connectivity index (χ0n) is 20.8. The van der Waals surface area contributed by atoms with E-state index in [9.17, 15) is 4.79 Å². The normalized spacial score (nSPS) is 11.2. The molecule has 0 saturated carbocycles. The van der Waals surface area contributed by atoms with Crippen LogP contribution in [-0.4, -0.2) is 28.8 Å². The number of nitrogens with zero attached hydrogens (tertiary/aromatic N) is 2. The number of carbonyl (C=O) groups is 1. The Morgan fingerprint density at radius 2 is 1.81 bits per heavy atom. The number of amides is 1. The molecule has 2 heterocycles. The summed E-state index contributed by atoms with van der Waals surface area (Å²) in [6.07, 6.45) is 1.04. The molecule has 0 radical (unpaired) electrons. The van der Waals surface area contributed by atoms with Crippen molar-refractivity contribution in [3.63, 3.8) is 0 Å². The van der Waals surface area contributed by atoms with Crippen molar-refractivity contribution >= 4 is 22.7 Å². The number of rotatable bonds is 7. The summed E-state index contributed by atoms with van der Waals surface area (Å²) in [4.78, 5) is 20.9. The third-order valence-electron chi connectivity index (χ3n) is 5.36. The molecule has 2 N–H and O–H groups in total. The summed E-state index contributed by atoms with van der Waals surface area (Å²) in [7, 11) is 1.63. The smallest absolute Gasteiger partial charge is 0.407 e. The van der Waals surface area contributed by atoms with Crippen LogP contribution in [0.2, 0.25) is 0 Å². The van der Waals surface area contributed by atoms with Gasteiger partial charge in [0.15, 0.2) is 0 Å². The lowest BCUT2D eigenvalue weighted by atomic mass is 10.0. The number of methoxy groups -OCH3 is 1. The molecule has 0 spiro atoms. The number of nitrogens with one attached hydrogen (secondary N) is 2. The van der Waals surface area contributed by atoms with E-state index in [1.54, 1.807) is 52.3 Å². The van der Waals surface area contributed by atoms with Gasteiger partial charge >= 0.3 is 6.09 Å². The highest BCUT2D eigenvalue weighted by Gasteiger charge is 2.16. The standard InChI is InChI=1S/C28H29FN4O3/c1-28(2,3)36-27(34)32-17-20-14-23-19(16-30-20)10-13-22(26(23)29)24-6-5-7-25(33-24)31-15-18-8-11-21(35-4)12-9-18/h5-14,16H,15,17H2,1-4H3,(H,31,33)(H,32,34). The van der Waals surface area contributed by atoms with Gasteiger partial charge in [-0.2, -0.15) is 0 Å². The molecule has 0 bridgehead atoms. The molecule has 8 heteroatoms. The monoisotopic (exact) mass is 488 g/mol. The van der Waals surface area contributed by atoms with Crippen molar-refractivity contribution in [2.75, 3.05) is 12.4 Å². The topological polar surface area (TPSA) is 85.4 Å². The van der Waals surface area contributed by atoms with Crippen molar-refractivity contribution in [3.8, 4) is 17.0 Å². The van der Waals surface area contributed by atoms with Gasteiger partial charge in [-0.3, -0.25) is 4.98 Å². The van der Waals surface area contributed by atoms with E-state index in [1.807, 2.05) is 42.5 Å². The van der Waals surface area contributed by atoms with E-state index >= 15 is 4.39 Å². The van der Waals surface area contributed by atoms with E-state index in [-0.39, 0.29) is 6.54 Å². The fourth-order valence-corrected chi connectivity index (χ4v) is 3.61. The summed E-state index contributed by atoms with van der Waals surface area (Å²) in [5.41, 5.74) is 1.88. The van der Waals surface area contributed by atoms with E-state index in [2.05, 4.69) is 20.6 Å². The molecule has 4 rings (SSSR count). The first-order valence-electron chi connectivity index (χ1n) is 11.6. The number of anilines is 1. The number of benzene rings is 2. The molecule has 0 aliphatic heterocycles. The van der Waals surface area contributed by atoms with Crippen molar-refractivity contribution in [3.05, 3.63) is 83.9 Å². The van der Waals surface area contributed by atoms with Crippen LogP contribution in [0.1, 0.15) is 32.0 Å². The molecule has 186 valence electrons. The number of alkyl carbamates (subject to hydrolysis) is 1. The zero-order valence-corrected chi connectivity index (χ0v) is 20.8. The van der Waals surface area contributed by atoms with Gasteiger partial charge in [-0.25, -0.2) is 14.2 Å². The Hall–Kier alpha value is -4.20. The molecule has 0 aliphatic carbocycles. The minimum atomic E-state index is -0.604. The van der Waals surface area contributed by atoms with Crippen LogP contribution in [0, 0.1) is 5.82 Å². The first-order valence-corrected chi connectivity index (χ1v) is 11.6. The fourth-order valence-electron chi connectivity index (χ4n) is 3.61. The first kappa shape index (κ1) is 24.9. The summed E-state index contributed by atoms with van der Waals surface area (Å²) in [5.74, 6) is 1.04. The quantitative estimate of drug-likeness (QED) is 0.328. The number of carbonyl (C=O) groups excluding carboxylic acids is 1. The summed E-state index contributed by atoms with van der Waals surface area (Å²) < 4.78 is 26.0. The summed E-state index contributed by atoms with van der Waals surface area (Å²) >= 11 is 0. The van der Waals surface area contributed by atoms with E-state index in [0.29, 0.717) is 40.1 Å². The number of hydrogen-bond donors (Lipinski definition) is 2. The summed E-state index contributed by atoms with van der Waals surface area (Å²) in [6, 6.07) is 18.4. The van der Waals surface area contributed by atoms with Crippen LogP contribution < -0.4 is 15.4 Å². The van der Waals surface area contributed by atoms with E-state index in [1.165, 1.54) is 0 Å². The maximum absolute atomic E-state index is 15.6. The van der Waals surface area contributed by atoms with Crippen molar-refractivity contribution in [1.82, 2.24) is 15.3 Å². The van der Waals surface area contributed by atoms with Crippen LogP contribution in [0.4, 0.5) is 15.0 Å². The molecular weight excluding hydrogens is 459 g/mol. The maximum atomic E-state index is 15.6. The van der Waals surface area contributed by atoms with Crippen LogP contribution >= 0.6 is 0 Å². The van der Waals surface area contributed by atoms with Crippen molar-refractivity contribution in [1.29, 1.82) is 0 Å². The second-order valence-corrected chi connectivity index (χ2v) is 9.29. The Labute approximate surface area is 209 Å². The van der Waals surface area contributed by atoms with Gasteiger partial charge in [-0.05, 0) is 62.7 Å². The molecule has 36 heavy (non-hydrogen) atoms. The predicted molar refractivity (Wildman–Crippen MR) is 138 cm³/mol. The van der Waals surface area contributed by atoms with Gasteiger partial charge in [0.05, 0.1) is 25.0 Å². The molecular formula is C28H29FN4O3. The highest BCUT2D eigenvalue weighted by molar-refractivity contribution is 5.87. The van der Waals surface area contributed by atoms with Crippen LogP contribution in [0.3, 0.4) is 0 Å². The number of aromatic nitrogens is 2. The molecule has 2 aromatic heterocycles. The predicted octanol–water partition coefficient (Wildman–Crippen LogP) is 6.08. The molecule has 0 unspecified atom stereocenters. The Kier molecular flexibility index (Phi) is 7.33. The van der Waals surface area contributed by atoms with Gasteiger partial charge in [0.25, 0.3) is 0 Å². The summed E-state index contributed by atoms with van der Waals surface area (Å²) in [5, 5.41) is 7.00. The second kappa shape index (κ2) is 10.6. The molecule has 0 aliphatic rings. The third kappa shape index (κ3) is 6.27. The lowest BCUT2D eigenvalue weighted by Crippen LogP contribution is -2.32. The number of ether oxygens (including phenoxy) is 2.